The molecule has 1 saturated heterocycles. The van der Waals surface area contributed by atoms with Crippen LogP contribution in [0.25, 0.3) is 5.57 Å². The number of esters is 1. The standard InChI is InChI=1S/C31H33ClN2O4/c1-2-19-37-30(35)22-7-12-29-27(20-22)25(26-5-3-15-33-28(26)21-38-29)6-4-16-34-17-13-31(36,14-18-34)23-8-10-24(32)11-9-23/h3,5-12,15,20,36H,2,4,13-14,16-19,21H2,1H3/b25-6+. The smallest absolute Gasteiger partial charge is 0.338 e. The van der Waals surface area contributed by atoms with E-state index in [4.69, 9.17) is 21.1 Å². The zero-order valence-corrected chi connectivity index (χ0v) is 22.4. The molecule has 0 saturated carbocycles. The van der Waals surface area contributed by atoms with Gasteiger partial charge in [-0.05, 0) is 73.2 Å². The van der Waals surface area contributed by atoms with Crippen LogP contribution in [0.5, 0.6) is 5.75 Å². The summed E-state index contributed by atoms with van der Waals surface area (Å²) in [6.07, 6.45) is 6.94. The summed E-state index contributed by atoms with van der Waals surface area (Å²) in [6.45, 7) is 5.23. The summed E-state index contributed by atoms with van der Waals surface area (Å²) >= 11 is 6.03. The number of piperidine rings is 1. The molecule has 198 valence electrons. The van der Waals surface area contributed by atoms with Crippen LogP contribution in [0.15, 0.2) is 66.9 Å². The highest BCUT2D eigenvalue weighted by atomic mass is 35.5. The van der Waals surface area contributed by atoms with E-state index in [0.717, 1.165) is 66.2 Å². The molecule has 0 bridgehead atoms. The van der Waals surface area contributed by atoms with Crippen LogP contribution in [-0.2, 0) is 16.9 Å². The Balaban J connectivity index is 1.33. The molecule has 2 aliphatic heterocycles. The maximum atomic E-state index is 12.6. The maximum absolute atomic E-state index is 12.6. The number of carbonyl (C=O) groups is 1. The lowest BCUT2D eigenvalue weighted by molar-refractivity contribution is -0.0254. The van der Waals surface area contributed by atoms with Gasteiger partial charge in [0.2, 0.25) is 0 Å². The molecule has 7 heteroatoms. The molecule has 6 nitrogen and oxygen atoms in total. The van der Waals surface area contributed by atoms with Crippen LogP contribution >= 0.6 is 11.6 Å². The Labute approximate surface area is 228 Å². The lowest BCUT2D eigenvalue weighted by Crippen LogP contribution is -2.42. The number of nitrogens with zero attached hydrogens (tertiary/aromatic N) is 2. The fourth-order valence-corrected chi connectivity index (χ4v) is 5.29. The Kier molecular flexibility index (Phi) is 8.12. The molecule has 0 radical (unpaired) electrons. The number of hydrogen-bond donors (Lipinski definition) is 1. The molecule has 1 N–H and O–H groups in total. The highest BCUT2D eigenvalue weighted by molar-refractivity contribution is 6.30. The molecule has 1 aromatic heterocycles. The largest absolute Gasteiger partial charge is 0.487 e. The highest BCUT2D eigenvalue weighted by Gasteiger charge is 2.33. The van der Waals surface area contributed by atoms with Crippen LogP contribution in [0.3, 0.4) is 0 Å². The van der Waals surface area contributed by atoms with Crippen molar-refractivity contribution in [2.75, 3.05) is 26.2 Å². The Hall–Kier alpha value is -3.19. The molecule has 2 aromatic carbocycles. The van der Waals surface area contributed by atoms with Crippen molar-refractivity contribution in [2.24, 2.45) is 0 Å². The summed E-state index contributed by atoms with van der Waals surface area (Å²) in [4.78, 5) is 19.5. The molecular formula is C31H33ClN2O4. The van der Waals surface area contributed by atoms with Gasteiger partial charge in [-0.15, -0.1) is 0 Å². The molecule has 3 heterocycles. The van der Waals surface area contributed by atoms with Crippen LogP contribution in [0.1, 0.15) is 65.3 Å². The van der Waals surface area contributed by atoms with Crippen LogP contribution in [-0.4, -0.2) is 47.2 Å². The number of fused-ring (bicyclic) bond motifs is 2. The zero-order valence-electron chi connectivity index (χ0n) is 21.7. The van der Waals surface area contributed by atoms with Gasteiger partial charge in [0.15, 0.2) is 0 Å². The molecule has 0 unspecified atom stereocenters. The summed E-state index contributed by atoms with van der Waals surface area (Å²) in [7, 11) is 0. The van der Waals surface area contributed by atoms with Gasteiger partial charge in [0.05, 0.1) is 23.5 Å². The van der Waals surface area contributed by atoms with Crippen molar-refractivity contribution in [3.8, 4) is 5.75 Å². The van der Waals surface area contributed by atoms with Gasteiger partial charge in [-0.25, -0.2) is 4.79 Å². The first-order chi connectivity index (χ1) is 18.5. The van der Waals surface area contributed by atoms with E-state index in [-0.39, 0.29) is 5.97 Å². The second-order valence-corrected chi connectivity index (χ2v) is 10.4. The van der Waals surface area contributed by atoms with Gasteiger partial charge in [-0.3, -0.25) is 4.98 Å². The van der Waals surface area contributed by atoms with E-state index >= 15 is 0 Å². The molecule has 5 rings (SSSR count). The molecule has 0 aliphatic carbocycles. The van der Waals surface area contributed by atoms with Crippen LogP contribution in [0.2, 0.25) is 5.02 Å². The molecule has 0 amide bonds. The van der Waals surface area contributed by atoms with Crippen molar-refractivity contribution in [3.63, 3.8) is 0 Å². The van der Waals surface area contributed by atoms with Gasteiger partial charge < -0.3 is 19.5 Å². The Morgan fingerprint density at radius 1 is 1.16 bits per heavy atom. The number of hydrogen-bond acceptors (Lipinski definition) is 6. The van der Waals surface area contributed by atoms with E-state index in [1.165, 1.54) is 0 Å². The van der Waals surface area contributed by atoms with Crippen molar-refractivity contribution in [1.29, 1.82) is 0 Å². The second kappa shape index (κ2) is 11.7. The Morgan fingerprint density at radius 3 is 2.71 bits per heavy atom. The average Bonchev–Trinajstić information content (AvgIpc) is 3.10. The molecule has 1 fully saturated rings. The van der Waals surface area contributed by atoms with Crippen molar-refractivity contribution in [1.82, 2.24) is 9.88 Å². The summed E-state index contributed by atoms with van der Waals surface area (Å²) < 4.78 is 11.5. The van der Waals surface area contributed by atoms with Crippen molar-refractivity contribution >= 4 is 23.1 Å². The number of likely N-dealkylation sites (tertiary alicyclic amines) is 1. The quantitative estimate of drug-likeness (QED) is 0.376. The van der Waals surface area contributed by atoms with Crippen LogP contribution in [0.4, 0.5) is 0 Å². The SMILES string of the molecule is CCCOC(=O)c1ccc2c(c1)/C(=C/CCN1CCC(O)(c3ccc(Cl)cc3)CC1)c1cccnc1CO2. The molecule has 2 aliphatic rings. The number of carbonyl (C=O) groups excluding carboxylic acids is 1. The fourth-order valence-electron chi connectivity index (χ4n) is 5.17. The Morgan fingerprint density at radius 2 is 1.95 bits per heavy atom. The first-order valence-corrected chi connectivity index (χ1v) is 13.6. The second-order valence-electron chi connectivity index (χ2n) is 9.92. The fraction of sp³-hybridized carbons (Fsp3) is 0.355. The number of ether oxygens (including phenoxy) is 2. The third-order valence-corrected chi connectivity index (χ3v) is 7.60. The number of pyridine rings is 1. The highest BCUT2D eigenvalue weighted by Crippen LogP contribution is 2.38. The predicted octanol–water partition coefficient (Wildman–Crippen LogP) is 6.00. The number of rotatable bonds is 7. The Bertz CT molecular complexity index is 1310. The first kappa shape index (κ1) is 26.4. The van der Waals surface area contributed by atoms with Crippen molar-refractivity contribution in [2.45, 2.75) is 44.8 Å². The molecule has 0 spiro atoms. The third-order valence-electron chi connectivity index (χ3n) is 7.35. The summed E-state index contributed by atoms with van der Waals surface area (Å²) in [5, 5.41) is 11.9. The minimum absolute atomic E-state index is 0.328. The van der Waals surface area contributed by atoms with Gasteiger partial charge in [0, 0.05) is 42.0 Å². The molecular weight excluding hydrogens is 500 g/mol. The number of benzene rings is 2. The topological polar surface area (TPSA) is 71.9 Å². The summed E-state index contributed by atoms with van der Waals surface area (Å²) in [5.41, 5.74) is 4.40. The minimum Gasteiger partial charge on any atom is -0.487 e. The van der Waals surface area contributed by atoms with Crippen LogP contribution in [0, 0.1) is 0 Å². The summed E-state index contributed by atoms with van der Waals surface area (Å²) in [6, 6.07) is 17.0. The van der Waals surface area contributed by atoms with E-state index in [0.29, 0.717) is 36.6 Å². The number of aliphatic hydroxyl groups is 1. The monoisotopic (exact) mass is 532 g/mol. The van der Waals surface area contributed by atoms with E-state index in [9.17, 15) is 9.90 Å². The minimum atomic E-state index is -0.815. The lowest BCUT2D eigenvalue weighted by atomic mass is 9.84. The van der Waals surface area contributed by atoms with Crippen molar-refractivity contribution in [3.05, 3.63) is 99.8 Å². The van der Waals surface area contributed by atoms with Gasteiger partial charge in [0.1, 0.15) is 12.4 Å². The molecule has 0 atom stereocenters. The third kappa shape index (κ3) is 5.78. The predicted molar refractivity (Wildman–Crippen MR) is 148 cm³/mol. The van der Waals surface area contributed by atoms with E-state index in [1.807, 2.05) is 49.4 Å². The van der Waals surface area contributed by atoms with Gasteiger partial charge >= 0.3 is 5.97 Å². The van der Waals surface area contributed by atoms with E-state index in [1.54, 1.807) is 12.3 Å². The normalized spacial score (nSPS) is 17.7. The van der Waals surface area contributed by atoms with Crippen molar-refractivity contribution < 1.29 is 19.4 Å². The van der Waals surface area contributed by atoms with Gasteiger partial charge in [0.25, 0.3) is 0 Å². The van der Waals surface area contributed by atoms with Gasteiger partial charge in [-0.2, -0.15) is 0 Å². The average molecular weight is 533 g/mol. The number of halogens is 1. The van der Waals surface area contributed by atoms with Gasteiger partial charge in [-0.1, -0.05) is 42.8 Å². The lowest BCUT2D eigenvalue weighted by Gasteiger charge is -2.38. The van der Waals surface area contributed by atoms with Crippen LogP contribution < -0.4 is 4.74 Å². The van der Waals surface area contributed by atoms with E-state index in [2.05, 4.69) is 22.0 Å². The summed E-state index contributed by atoms with van der Waals surface area (Å²) in [5.74, 6) is 0.401. The molecule has 38 heavy (non-hydrogen) atoms. The maximum Gasteiger partial charge on any atom is 0.338 e. The number of aromatic nitrogens is 1. The first-order valence-electron chi connectivity index (χ1n) is 13.3. The molecule has 3 aromatic rings. The van der Waals surface area contributed by atoms with E-state index < -0.39 is 5.60 Å². The zero-order chi connectivity index (χ0) is 26.5.